The van der Waals surface area contributed by atoms with E-state index in [-0.39, 0.29) is 5.91 Å². The third-order valence-electron chi connectivity index (χ3n) is 3.43. The lowest BCUT2D eigenvalue weighted by atomic mass is 9.90. The number of hydrogen-bond acceptors (Lipinski definition) is 3. The minimum Gasteiger partial charge on any atom is -0.367 e. The number of hydrogen-bond donors (Lipinski definition) is 2. The van der Waals surface area contributed by atoms with Crippen LogP contribution in [0.5, 0.6) is 0 Å². The molecule has 1 aliphatic heterocycles. The molecule has 110 valence electrons. The summed E-state index contributed by atoms with van der Waals surface area (Å²) in [4.78, 5) is 11.2. The summed E-state index contributed by atoms with van der Waals surface area (Å²) < 4.78 is 6.04. The van der Waals surface area contributed by atoms with E-state index in [1.54, 1.807) is 6.07 Å². The number of carbonyl (C=O) groups is 1. The Hall–Kier alpha value is -0.810. The van der Waals surface area contributed by atoms with Gasteiger partial charge in [-0.05, 0) is 30.7 Å². The number of nitrogens with one attached hydrogen (secondary N) is 2. The van der Waals surface area contributed by atoms with E-state index >= 15 is 0 Å². The number of benzene rings is 1. The first-order valence-corrected chi connectivity index (χ1v) is 7.34. The van der Waals surface area contributed by atoms with Crippen molar-refractivity contribution >= 4 is 29.1 Å². The standard InChI is InChI=1S/C14H18Cl2N2O2/c1-10(19)18-9-14(4-5-17-6-7-20-14)11-2-3-12(15)13(16)8-11/h2-3,8,17H,4-7,9H2,1H3,(H,18,19). The molecule has 0 bridgehead atoms. The Bertz CT molecular complexity index is 486. The smallest absolute Gasteiger partial charge is 0.216 e. The number of rotatable bonds is 3. The molecular formula is C14H18Cl2N2O2. The van der Waals surface area contributed by atoms with Gasteiger partial charge in [0.25, 0.3) is 0 Å². The van der Waals surface area contributed by atoms with E-state index in [0.29, 0.717) is 23.2 Å². The van der Waals surface area contributed by atoms with Crippen LogP contribution >= 0.6 is 23.2 Å². The lowest BCUT2D eigenvalue weighted by Crippen LogP contribution is -2.42. The van der Waals surface area contributed by atoms with Crippen molar-refractivity contribution in [1.82, 2.24) is 10.6 Å². The summed E-state index contributed by atoms with van der Waals surface area (Å²) in [5.41, 5.74) is 0.369. The molecule has 6 heteroatoms. The van der Waals surface area contributed by atoms with Crippen LogP contribution in [0.4, 0.5) is 0 Å². The van der Waals surface area contributed by atoms with Crippen molar-refractivity contribution in [3.63, 3.8) is 0 Å². The first-order chi connectivity index (χ1) is 9.53. The fourth-order valence-electron chi connectivity index (χ4n) is 2.32. The van der Waals surface area contributed by atoms with Gasteiger partial charge in [0.2, 0.25) is 5.91 Å². The van der Waals surface area contributed by atoms with Crippen LogP contribution in [-0.2, 0) is 15.1 Å². The lowest BCUT2D eigenvalue weighted by Gasteiger charge is -2.33. The number of carbonyl (C=O) groups excluding carboxylic acids is 1. The largest absolute Gasteiger partial charge is 0.367 e. The maximum absolute atomic E-state index is 11.2. The zero-order valence-electron chi connectivity index (χ0n) is 11.3. The van der Waals surface area contributed by atoms with Gasteiger partial charge in [0, 0.05) is 13.5 Å². The van der Waals surface area contributed by atoms with Gasteiger partial charge in [-0.3, -0.25) is 4.79 Å². The topological polar surface area (TPSA) is 50.4 Å². The van der Waals surface area contributed by atoms with Crippen molar-refractivity contribution in [1.29, 1.82) is 0 Å². The predicted molar refractivity (Wildman–Crippen MR) is 80.3 cm³/mol. The van der Waals surface area contributed by atoms with E-state index in [4.69, 9.17) is 27.9 Å². The molecule has 20 heavy (non-hydrogen) atoms. The molecule has 1 fully saturated rings. The van der Waals surface area contributed by atoms with Gasteiger partial charge in [-0.25, -0.2) is 0 Å². The fourth-order valence-corrected chi connectivity index (χ4v) is 2.62. The normalized spacial score (nSPS) is 23.1. The number of ether oxygens (including phenoxy) is 1. The molecule has 0 spiro atoms. The van der Waals surface area contributed by atoms with E-state index in [0.717, 1.165) is 25.1 Å². The highest BCUT2D eigenvalue weighted by atomic mass is 35.5. The average Bonchev–Trinajstić information content (AvgIpc) is 2.66. The van der Waals surface area contributed by atoms with Gasteiger partial charge in [0.05, 0.1) is 23.2 Å². The summed E-state index contributed by atoms with van der Waals surface area (Å²) >= 11 is 12.1. The highest BCUT2D eigenvalue weighted by molar-refractivity contribution is 6.42. The first-order valence-electron chi connectivity index (χ1n) is 6.58. The summed E-state index contributed by atoms with van der Waals surface area (Å²) in [6.45, 7) is 4.11. The predicted octanol–water partition coefficient (Wildman–Crippen LogP) is 2.33. The van der Waals surface area contributed by atoms with Gasteiger partial charge in [0.1, 0.15) is 5.60 Å². The molecule has 1 amide bonds. The molecular weight excluding hydrogens is 299 g/mol. The SMILES string of the molecule is CC(=O)NCC1(c2ccc(Cl)c(Cl)c2)CCNCCO1. The second-order valence-electron chi connectivity index (χ2n) is 4.88. The molecule has 0 saturated carbocycles. The maximum Gasteiger partial charge on any atom is 0.216 e. The Morgan fingerprint density at radius 1 is 1.40 bits per heavy atom. The van der Waals surface area contributed by atoms with Crippen molar-refractivity contribution in [3.05, 3.63) is 33.8 Å². The molecule has 1 saturated heterocycles. The Morgan fingerprint density at radius 3 is 2.90 bits per heavy atom. The summed E-state index contributed by atoms with van der Waals surface area (Å²) in [6.07, 6.45) is 0.755. The van der Waals surface area contributed by atoms with Gasteiger partial charge in [-0.1, -0.05) is 29.3 Å². The second kappa shape index (κ2) is 6.76. The molecule has 0 radical (unpaired) electrons. The lowest BCUT2D eigenvalue weighted by molar-refractivity contribution is -0.121. The van der Waals surface area contributed by atoms with Crippen molar-refractivity contribution < 1.29 is 9.53 Å². The molecule has 2 N–H and O–H groups in total. The molecule has 1 aliphatic rings. The van der Waals surface area contributed by atoms with Crippen LogP contribution in [0.15, 0.2) is 18.2 Å². The number of halogens is 2. The van der Waals surface area contributed by atoms with Crippen LogP contribution in [0, 0.1) is 0 Å². The van der Waals surface area contributed by atoms with Crippen LogP contribution < -0.4 is 10.6 Å². The molecule has 1 aromatic carbocycles. The number of amides is 1. The van der Waals surface area contributed by atoms with Gasteiger partial charge < -0.3 is 15.4 Å². The highest BCUT2D eigenvalue weighted by Crippen LogP contribution is 2.34. The molecule has 1 heterocycles. The highest BCUT2D eigenvalue weighted by Gasteiger charge is 2.34. The molecule has 1 aromatic rings. The van der Waals surface area contributed by atoms with Gasteiger partial charge in [0.15, 0.2) is 0 Å². The van der Waals surface area contributed by atoms with Crippen molar-refractivity contribution in [3.8, 4) is 0 Å². The van der Waals surface area contributed by atoms with Crippen LogP contribution in [0.2, 0.25) is 10.0 Å². The summed E-state index contributed by atoms with van der Waals surface area (Å²) in [6, 6.07) is 5.48. The summed E-state index contributed by atoms with van der Waals surface area (Å²) in [5.74, 6) is -0.0785. The van der Waals surface area contributed by atoms with Crippen LogP contribution in [0.1, 0.15) is 18.9 Å². The zero-order chi connectivity index (χ0) is 14.6. The minimum atomic E-state index is -0.566. The van der Waals surface area contributed by atoms with Crippen LogP contribution in [0.25, 0.3) is 0 Å². The quantitative estimate of drug-likeness (QED) is 0.900. The van der Waals surface area contributed by atoms with E-state index in [1.807, 2.05) is 12.1 Å². The van der Waals surface area contributed by atoms with E-state index in [1.165, 1.54) is 6.92 Å². The Morgan fingerprint density at radius 2 is 2.20 bits per heavy atom. The van der Waals surface area contributed by atoms with Gasteiger partial charge in [-0.15, -0.1) is 0 Å². The summed E-state index contributed by atoms with van der Waals surface area (Å²) in [5, 5.41) is 7.14. The second-order valence-corrected chi connectivity index (χ2v) is 5.70. The Balaban J connectivity index is 2.32. The summed E-state index contributed by atoms with van der Waals surface area (Å²) in [7, 11) is 0. The van der Waals surface area contributed by atoms with Crippen molar-refractivity contribution in [2.75, 3.05) is 26.2 Å². The maximum atomic E-state index is 11.2. The average molecular weight is 317 g/mol. The van der Waals surface area contributed by atoms with Crippen molar-refractivity contribution in [2.45, 2.75) is 18.9 Å². The molecule has 1 unspecified atom stereocenters. The molecule has 2 rings (SSSR count). The Labute approximate surface area is 128 Å². The van der Waals surface area contributed by atoms with Crippen LogP contribution in [-0.4, -0.2) is 32.1 Å². The van der Waals surface area contributed by atoms with Crippen molar-refractivity contribution in [2.24, 2.45) is 0 Å². The van der Waals surface area contributed by atoms with E-state index in [9.17, 15) is 4.79 Å². The van der Waals surface area contributed by atoms with E-state index < -0.39 is 5.60 Å². The van der Waals surface area contributed by atoms with Crippen LogP contribution in [0.3, 0.4) is 0 Å². The molecule has 0 aliphatic carbocycles. The minimum absolute atomic E-state index is 0.0785. The third-order valence-corrected chi connectivity index (χ3v) is 4.17. The Kier molecular flexibility index (Phi) is 5.27. The molecule has 1 atom stereocenters. The zero-order valence-corrected chi connectivity index (χ0v) is 12.9. The van der Waals surface area contributed by atoms with Gasteiger partial charge >= 0.3 is 0 Å². The van der Waals surface area contributed by atoms with E-state index in [2.05, 4.69) is 10.6 Å². The fraction of sp³-hybridized carbons (Fsp3) is 0.500. The molecule has 0 aromatic heterocycles. The monoisotopic (exact) mass is 316 g/mol. The first kappa shape index (κ1) is 15.6. The molecule has 4 nitrogen and oxygen atoms in total. The third kappa shape index (κ3) is 3.64. The van der Waals surface area contributed by atoms with Gasteiger partial charge in [-0.2, -0.15) is 0 Å².